The third kappa shape index (κ3) is 5.17. The number of cyclic esters (lactones) is 1. The maximum atomic E-state index is 13.2. The quantitative estimate of drug-likeness (QED) is 0.267. The number of hydrogen-bond acceptors (Lipinski definition) is 5. The fourth-order valence-corrected chi connectivity index (χ4v) is 3.95. The van der Waals surface area contributed by atoms with E-state index in [1.54, 1.807) is 6.92 Å². The minimum Gasteiger partial charge on any atom is -0.446 e. The van der Waals surface area contributed by atoms with Crippen LogP contribution in [-0.4, -0.2) is 44.5 Å². The van der Waals surface area contributed by atoms with E-state index >= 15 is 0 Å². The molecule has 2 rings (SSSR count). The first-order chi connectivity index (χ1) is 13.5. The number of carbonyl (C=O) groups is 2. The Morgan fingerprint density at radius 1 is 1.38 bits per heavy atom. The van der Waals surface area contributed by atoms with Crippen LogP contribution in [0.3, 0.4) is 0 Å². The number of amides is 2. The van der Waals surface area contributed by atoms with Gasteiger partial charge < -0.3 is 9.16 Å². The van der Waals surface area contributed by atoms with Crippen LogP contribution in [0, 0.1) is 5.92 Å². The van der Waals surface area contributed by atoms with Gasteiger partial charge in [-0.15, -0.1) is 0 Å². The summed E-state index contributed by atoms with van der Waals surface area (Å²) in [7, 11) is -2.03. The summed E-state index contributed by atoms with van der Waals surface area (Å²) in [6.45, 7) is 12.8. The van der Waals surface area contributed by atoms with Crippen molar-refractivity contribution in [2.45, 2.75) is 57.9 Å². The molecule has 0 bridgehead atoms. The Labute approximate surface area is 172 Å². The number of hydrogen-bond donors (Lipinski definition) is 0. The topological polar surface area (TPSA) is 105 Å². The molecule has 1 aliphatic rings. The zero-order chi connectivity index (χ0) is 21.8. The molecule has 1 aromatic rings. The average Bonchev–Trinajstić information content (AvgIpc) is 3.05. The molecule has 9 heteroatoms. The molecule has 0 unspecified atom stereocenters. The second kappa shape index (κ2) is 8.98. The van der Waals surface area contributed by atoms with E-state index in [1.165, 1.54) is 0 Å². The number of benzene rings is 1. The summed E-state index contributed by atoms with van der Waals surface area (Å²) in [5.41, 5.74) is 9.81. The van der Waals surface area contributed by atoms with Crippen LogP contribution in [0.25, 0.3) is 10.4 Å². The normalized spacial score (nSPS) is 19.3. The van der Waals surface area contributed by atoms with E-state index in [2.05, 4.69) is 43.9 Å². The summed E-state index contributed by atoms with van der Waals surface area (Å²) in [6, 6.07) is 7.60. The lowest BCUT2D eigenvalue weighted by Gasteiger charge is -2.37. The standard InChI is InChI=1S/C20H30N4O4Si/c1-14(12-28-29(5,6)20(2,3)4)17(22-23-21)18(25)24-16(13-27-19(24)26)15-10-8-7-9-11-15/h7-11,14,16-17H,12-13H2,1-6H3/t14-,16+,17-/m1/s1. The molecule has 0 radical (unpaired) electrons. The first-order valence-corrected chi connectivity index (χ1v) is 12.6. The summed E-state index contributed by atoms with van der Waals surface area (Å²) < 4.78 is 11.3. The summed E-state index contributed by atoms with van der Waals surface area (Å²) in [5, 5.41) is 3.73. The summed E-state index contributed by atoms with van der Waals surface area (Å²) in [4.78, 5) is 29.4. The lowest BCUT2D eigenvalue weighted by molar-refractivity contribution is -0.132. The molecule has 0 aromatic heterocycles. The molecule has 29 heavy (non-hydrogen) atoms. The lowest BCUT2D eigenvalue weighted by atomic mass is 10.0. The van der Waals surface area contributed by atoms with Gasteiger partial charge in [-0.2, -0.15) is 0 Å². The largest absolute Gasteiger partial charge is 0.446 e. The van der Waals surface area contributed by atoms with Crippen LogP contribution in [0.4, 0.5) is 4.79 Å². The van der Waals surface area contributed by atoms with Gasteiger partial charge in [0, 0.05) is 11.5 Å². The summed E-state index contributed by atoms with van der Waals surface area (Å²) >= 11 is 0. The highest BCUT2D eigenvalue weighted by molar-refractivity contribution is 6.74. The molecular weight excluding hydrogens is 388 g/mol. The Balaban J connectivity index is 2.21. The monoisotopic (exact) mass is 418 g/mol. The highest BCUT2D eigenvalue weighted by Gasteiger charge is 2.43. The van der Waals surface area contributed by atoms with E-state index in [4.69, 9.17) is 14.7 Å². The molecule has 0 spiro atoms. The SMILES string of the molecule is C[C@H](CO[Si](C)(C)C(C)(C)C)[C@@H](N=[N+]=[N-])C(=O)N1C(=O)OC[C@H]1c1ccccc1. The fraction of sp³-hybridized carbons (Fsp3) is 0.600. The second-order valence-corrected chi connectivity index (χ2v) is 13.7. The average molecular weight is 419 g/mol. The Morgan fingerprint density at radius 3 is 2.55 bits per heavy atom. The molecule has 1 aromatic carbocycles. The van der Waals surface area contributed by atoms with Crippen molar-refractivity contribution in [2.24, 2.45) is 11.0 Å². The van der Waals surface area contributed by atoms with Crippen LogP contribution in [-0.2, 0) is 14.0 Å². The number of rotatable bonds is 7. The first-order valence-electron chi connectivity index (χ1n) is 9.72. The van der Waals surface area contributed by atoms with E-state index in [-0.39, 0.29) is 18.3 Å². The van der Waals surface area contributed by atoms with Gasteiger partial charge in [-0.05, 0) is 35.1 Å². The van der Waals surface area contributed by atoms with Crippen molar-refractivity contribution in [3.8, 4) is 0 Å². The van der Waals surface area contributed by atoms with Crippen LogP contribution in [0.1, 0.15) is 39.3 Å². The van der Waals surface area contributed by atoms with Crippen LogP contribution in [0.2, 0.25) is 18.1 Å². The molecule has 8 nitrogen and oxygen atoms in total. The molecule has 0 saturated carbocycles. The Bertz CT molecular complexity index is 787. The summed E-state index contributed by atoms with van der Waals surface area (Å²) in [5.74, 6) is -0.956. The van der Waals surface area contributed by atoms with Gasteiger partial charge >= 0.3 is 6.09 Å². The Morgan fingerprint density at radius 2 is 2.00 bits per heavy atom. The fourth-order valence-electron chi connectivity index (χ4n) is 2.84. The third-order valence-corrected chi connectivity index (χ3v) is 10.3. The molecule has 0 N–H and O–H groups in total. The van der Waals surface area contributed by atoms with Crippen LogP contribution in [0.5, 0.6) is 0 Å². The first kappa shape index (κ1) is 22.9. The van der Waals surface area contributed by atoms with Gasteiger partial charge in [0.1, 0.15) is 18.7 Å². The van der Waals surface area contributed by atoms with E-state index < -0.39 is 38.3 Å². The predicted molar refractivity (Wildman–Crippen MR) is 113 cm³/mol. The maximum absolute atomic E-state index is 13.2. The maximum Gasteiger partial charge on any atom is 0.417 e. The zero-order valence-corrected chi connectivity index (χ0v) is 19.0. The number of carbonyl (C=O) groups excluding carboxylic acids is 2. The van der Waals surface area contributed by atoms with Gasteiger partial charge in [0.25, 0.3) is 0 Å². The molecule has 1 heterocycles. The van der Waals surface area contributed by atoms with Crippen LogP contribution < -0.4 is 0 Å². The smallest absolute Gasteiger partial charge is 0.417 e. The second-order valence-electron chi connectivity index (χ2n) is 8.91. The van der Waals surface area contributed by atoms with Gasteiger partial charge in [0.05, 0.1) is 0 Å². The molecule has 158 valence electrons. The van der Waals surface area contributed by atoms with Crippen molar-refractivity contribution in [3.05, 3.63) is 46.3 Å². The molecule has 1 saturated heterocycles. The van der Waals surface area contributed by atoms with Crippen molar-refractivity contribution < 1.29 is 18.8 Å². The molecular formula is C20H30N4O4Si. The van der Waals surface area contributed by atoms with Gasteiger partial charge in [-0.25, -0.2) is 9.69 Å². The van der Waals surface area contributed by atoms with Gasteiger partial charge in [0.2, 0.25) is 5.91 Å². The van der Waals surface area contributed by atoms with E-state index in [0.29, 0.717) is 0 Å². The highest BCUT2D eigenvalue weighted by atomic mass is 28.4. The number of imide groups is 1. The molecule has 3 atom stereocenters. The van der Waals surface area contributed by atoms with Crippen LogP contribution >= 0.6 is 0 Å². The van der Waals surface area contributed by atoms with Gasteiger partial charge in [0.15, 0.2) is 8.32 Å². The van der Waals surface area contributed by atoms with E-state index in [9.17, 15) is 9.59 Å². The predicted octanol–water partition coefficient (Wildman–Crippen LogP) is 5.04. The van der Waals surface area contributed by atoms with Crippen LogP contribution in [0.15, 0.2) is 35.4 Å². The van der Waals surface area contributed by atoms with Crippen molar-refractivity contribution in [3.63, 3.8) is 0 Å². The van der Waals surface area contributed by atoms with Crippen molar-refractivity contribution in [1.29, 1.82) is 0 Å². The number of ether oxygens (including phenoxy) is 1. The van der Waals surface area contributed by atoms with Crippen molar-refractivity contribution >= 4 is 20.3 Å². The van der Waals surface area contributed by atoms with Gasteiger partial charge in [-0.3, -0.25) is 4.79 Å². The van der Waals surface area contributed by atoms with Crippen molar-refractivity contribution in [1.82, 2.24) is 4.90 Å². The Hall–Kier alpha value is -2.35. The number of azide groups is 1. The van der Waals surface area contributed by atoms with Gasteiger partial charge in [-0.1, -0.05) is 63.1 Å². The van der Waals surface area contributed by atoms with E-state index in [1.807, 2.05) is 30.3 Å². The number of nitrogens with zero attached hydrogens (tertiary/aromatic N) is 4. The minimum atomic E-state index is -2.03. The zero-order valence-electron chi connectivity index (χ0n) is 18.0. The van der Waals surface area contributed by atoms with Crippen molar-refractivity contribution in [2.75, 3.05) is 13.2 Å². The molecule has 0 aliphatic carbocycles. The summed E-state index contributed by atoms with van der Waals surface area (Å²) in [6.07, 6.45) is -0.723. The highest BCUT2D eigenvalue weighted by Crippen LogP contribution is 2.37. The molecule has 1 fully saturated rings. The molecule has 2 amide bonds. The lowest BCUT2D eigenvalue weighted by Crippen LogP contribution is -2.46. The molecule has 1 aliphatic heterocycles. The van der Waals surface area contributed by atoms with E-state index in [0.717, 1.165) is 10.5 Å². The minimum absolute atomic E-state index is 0.0158. The third-order valence-electron chi connectivity index (χ3n) is 5.78. The Kier molecular flexibility index (Phi) is 7.10.